The van der Waals surface area contributed by atoms with Crippen molar-refractivity contribution in [2.24, 2.45) is 0 Å². The van der Waals surface area contributed by atoms with Crippen LogP contribution >= 0.6 is 11.3 Å². The SMILES string of the molecule is CCNC(=O)Nc1cc(-c2nc(C(F)(F)F)cs2)c(-c2cc(C(=O)OCCC3CCCN3C)cnc2OCCC2CCCN2C)cn1. The van der Waals surface area contributed by atoms with Gasteiger partial charge < -0.3 is 24.6 Å². The lowest BCUT2D eigenvalue weighted by Crippen LogP contribution is -2.28. The molecule has 3 aromatic heterocycles. The zero-order valence-corrected chi connectivity index (χ0v) is 27.5. The van der Waals surface area contributed by atoms with Crippen LogP contribution in [0.1, 0.15) is 61.5 Å². The number of nitrogens with one attached hydrogen (secondary N) is 2. The molecule has 0 spiro atoms. The van der Waals surface area contributed by atoms with Crippen LogP contribution in [0.5, 0.6) is 5.88 Å². The number of rotatable bonds is 12. The first-order valence-electron chi connectivity index (χ1n) is 15.8. The van der Waals surface area contributed by atoms with Crippen LogP contribution in [0, 0.1) is 0 Å². The number of carbonyl (C=O) groups excluding carboxylic acids is 2. The van der Waals surface area contributed by atoms with Gasteiger partial charge in [-0.2, -0.15) is 13.2 Å². The number of carbonyl (C=O) groups is 2. The van der Waals surface area contributed by atoms with Crippen LogP contribution in [-0.2, 0) is 10.9 Å². The number of urea groups is 1. The second kappa shape index (κ2) is 15.4. The Morgan fingerprint density at radius 1 is 0.979 bits per heavy atom. The first kappa shape index (κ1) is 34.5. The average Bonchev–Trinajstić information content (AvgIpc) is 3.79. The Bertz CT molecular complexity index is 1550. The molecule has 15 heteroatoms. The maximum Gasteiger partial charge on any atom is 0.434 e. The van der Waals surface area contributed by atoms with Gasteiger partial charge in [0.1, 0.15) is 10.8 Å². The molecule has 2 amide bonds. The smallest absolute Gasteiger partial charge is 0.434 e. The maximum atomic E-state index is 13.6. The Morgan fingerprint density at radius 2 is 1.68 bits per heavy atom. The molecule has 3 aromatic rings. The molecular weight excluding hydrogens is 635 g/mol. The fraction of sp³-hybridized carbons (Fsp3) is 0.531. The topological polar surface area (TPSA) is 122 Å². The molecule has 254 valence electrons. The van der Waals surface area contributed by atoms with E-state index in [9.17, 15) is 22.8 Å². The number of thiazole rings is 1. The van der Waals surface area contributed by atoms with Gasteiger partial charge in [0.05, 0.1) is 18.8 Å². The molecule has 2 fully saturated rings. The summed E-state index contributed by atoms with van der Waals surface area (Å²) in [6.45, 7) is 4.72. The van der Waals surface area contributed by atoms with Crippen molar-refractivity contribution in [2.45, 2.75) is 63.7 Å². The molecule has 2 unspecified atom stereocenters. The molecule has 0 aliphatic carbocycles. The molecule has 0 bridgehead atoms. The van der Waals surface area contributed by atoms with E-state index in [2.05, 4.69) is 49.5 Å². The average molecular weight is 676 g/mol. The third-order valence-corrected chi connectivity index (χ3v) is 9.48. The van der Waals surface area contributed by atoms with Gasteiger partial charge in [0, 0.05) is 53.1 Å². The number of likely N-dealkylation sites (tertiary alicyclic amines) is 2. The van der Waals surface area contributed by atoms with Gasteiger partial charge in [-0.3, -0.25) is 5.32 Å². The summed E-state index contributed by atoms with van der Waals surface area (Å²) in [6, 6.07) is 3.20. The largest absolute Gasteiger partial charge is 0.477 e. The summed E-state index contributed by atoms with van der Waals surface area (Å²) < 4.78 is 52.5. The minimum absolute atomic E-state index is 0.0425. The summed E-state index contributed by atoms with van der Waals surface area (Å²) in [7, 11) is 4.13. The zero-order chi connectivity index (χ0) is 33.6. The van der Waals surface area contributed by atoms with Crippen molar-refractivity contribution < 1.29 is 32.2 Å². The summed E-state index contributed by atoms with van der Waals surface area (Å²) in [5, 5.41) is 6.17. The normalized spacial score (nSPS) is 18.8. The van der Waals surface area contributed by atoms with E-state index >= 15 is 0 Å². The molecular formula is C32H40F3N7O4S. The Morgan fingerprint density at radius 3 is 2.30 bits per heavy atom. The molecule has 0 aromatic carbocycles. The molecule has 5 rings (SSSR count). The number of pyridine rings is 2. The highest BCUT2D eigenvalue weighted by Gasteiger charge is 2.34. The number of alkyl halides is 3. The van der Waals surface area contributed by atoms with E-state index in [4.69, 9.17) is 9.47 Å². The lowest BCUT2D eigenvalue weighted by Gasteiger charge is -2.20. The first-order chi connectivity index (χ1) is 22.5. The van der Waals surface area contributed by atoms with Crippen molar-refractivity contribution >= 4 is 29.2 Å². The Kier molecular flexibility index (Phi) is 11.3. The molecule has 11 nitrogen and oxygen atoms in total. The predicted molar refractivity (Wildman–Crippen MR) is 173 cm³/mol. The monoisotopic (exact) mass is 675 g/mol. The van der Waals surface area contributed by atoms with Crippen molar-refractivity contribution in [1.82, 2.24) is 30.1 Å². The van der Waals surface area contributed by atoms with E-state index < -0.39 is 23.9 Å². The lowest BCUT2D eigenvalue weighted by atomic mass is 10.0. The number of hydrogen-bond donors (Lipinski definition) is 2. The second-order valence-electron chi connectivity index (χ2n) is 11.8. The summed E-state index contributed by atoms with van der Waals surface area (Å²) in [4.78, 5) is 42.7. The van der Waals surface area contributed by atoms with Crippen molar-refractivity contribution in [3.63, 3.8) is 0 Å². The van der Waals surface area contributed by atoms with Gasteiger partial charge in [-0.15, -0.1) is 11.3 Å². The number of aromatic nitrogens is 3. The standard InChI is InChI=1S/C32H40F3N7O4S/c1-4-36-31(44)40-27-16-24(29-39-26(19-47-29)32(33,34)35)25(18-37-27)23-15-20(30(43)46-14-10-22-8-6-12-42(22)3)17-38-28(23)45-13-9-21-7-5-11-41(21)2/h15-19,21-22H,4-14H2,1-3H3,(H2,36,37,40,44). The van der Waals surface area contributed by atoms with Gasteiger partial charge in [-0.1, -0.05) is 0 Å². The summed E-state index contributed by atoms with van der Waals surface area (Å²) in [5.74, 6) is -0.281. The highest BCUT2D eigenvalue weighted by molar-refractivity contribution is 7.13. The minimum atomic E-state index is -4.65. The van der Waals surface area contributed by atoms with Gasteiger partial charge in [-0.25, -0.2) is 24.5 Å². The number of amides is 2. The van der Waals surface area contributed by atoms with Crippen LogP contribution < -0.4 is 15.4 Å². The third-order valence-electron chi connectivity index (χ3n) is 8.60. The summed E-state index contributed by atoms with van der Waals surface area (Å²) in [6.07, 6.45) is 3.93. The fourth-order valence-electron chi connectivity index (χ4n) is 5.99. The number of hydrogen-bond acceptors (Lipinski definition) is 10. The molecule has 0 radical (unpaired) electrons. The van der Waals surface area contributed by atoms with Crippen LogP contribution in [0.25, 0.3) is 21.7 Å². The molecule has 2 saturated heterocycles. The van der Waals surface area contributed by atoms with E-state index in [1.807, 2.05) is 0 Å². The van der Waals surface area contributed by atoms with Crippen LogP contribution in [-0.4, -0.2) is 95.8 Å². The molecule has 2 N–H and O–H groups in total. The number of halogens is 3. The van der Waals surface area contributed by atoms with Crippen molar-refractivity contribution in [1.29, 1.82) is 0 Å². The van der Waals surface area contributed by atoms with E-state index in [1.165, 1.54) is 18.5 Å². The molecule has 2 aliphatic rings. The van der Waals surface area contributed by atoms with Crippen LogP contribution in [0.4, 0.5) is 23.8 Å². The van der Waals surface area contributed by atoms with Gasteiger partial charge in [0.25, 0.3) is 0 Å². The highest BCUT2D eigenvalue weighted by Crippen LogP contribution is 2.41. The summed E-state index contributed by atoms with van der Waals surface area (Å²) in [5.41, 5.74) is 0.0411. The number of nitrogens with zero attached hydrogens (tertiary/aromatic N) is 5. The molecule has 2 aliphatic heterocycles. The van der Waals surface area contributed by atoms with Crippen LogP contribution in [0.3, 0.4) is 0 Å². The third kappa shape index (κ3) is 8.76. The molecule has 0 saturated carbocycles. The lowest BCUT2D eigenvalue weighted by molar-refractivity contribution is -0.140. The quantitative estimate of drug-likeness (QED) is 0.225. The number of ether oxygens (including phenoxy) is 2. The van der Waals surface area contributed by atoms with Gasteiger partial charge >= 0.3 is 18.2 Å². The Balaban J connectivity index is 1.49. The Labute approximate surface area is 275 Å². The van der Waals surface area contributed by atoms with E-state index in [-0.39, 0.29) is 34.4 Å². The highest BCUT2D eigenvalue weighted by atomic mass is 32.1. The predicted octanol–water partition coefficient (Wildman–Crippen LogP) is 5.93. The van der Waals surface area contributed by atoms with Crippen molar-refractivity contribution in [2.75, 3.05) is 52.3 Å². The minimum Gasteiger partial charge on any atom is -0.477 e. The van der Waals surface area contributed by atoms with Gasteiger partial charge in [0.15, 0.2) is 5.69 Å². The van der Waals surface area contributed by atoms with E-state index in [0.29, 0.717) is 42.8 Å². The van der Waals surface area contributed by atoms with E-state index in [1.54, 1.807) is 13.0 Å². The van der Waals surface area contributed by atoms with Crippen LogP contribution in [0.15, 0.2) is 29.9 Å². The van der Waals surface area contributed by atoms with Crippen LogP contribution in [0.2, 0.25) is 0 Å². The maximum absolute atomic E-state index is 13.6. The molecule has 5 heterocycles. The summed E-state index contributed by atoms with van der Waals surface area (Å²) >= 11 is 0.801. The Hall–Kier alpha value is -3.82. The zero-order valence-electron chi connectivity index (χ0n) is 26.7. The van der Waals surface area contributed by atoms with Gasteiger partial charge in [0.2, 0.25) is 5.88 Å². The number of esters is 1. The van der Waals surface area contributed by atoms with Gasteiger partial charge in [-0.05, 0) is 84.8 Å². The second-order valence-corrected chi connectivity index (χ2v) is 12.7. The first-order valence-corrected chi connectivity index (χ1v) is 16.7. The molecule has 47 heavy (non-hydrogen) atoms. The van der Waals surface area contributed by atoms with Crippen molar-refractivity contribution in [3.8, 4) is 27.6 Å². The fourth-order valence-corrected chi connectivity index (χ4v) is 6.84. The molecule has 2 atom stereocenters. The van der Waals surface area contributed by atoms with E-state index in [0.717, 1.165) is 61.9 Å². The van der Waals surface area contributed by atoms with Crippen molar-refractivity contribution in [3.05, 3.63) is 41.2 Å². The number of anilines is 1.